The molecule has 114 valence electrons. The van der Waals surface area contributed by atoms with Crippen LogP contribution in [0.15, 0.2) is 52.6 Å². The van der Waals surface area contributed by atoms with Crippen molar-refractivity contribution in [2.45, 2.75) is 65.3 Å². The SMILES string of the molecule is CCCCCC1=C(C)C(C)=C(C)C1(C)[SiH2]c1ccccc1. The Labute approximate surface area is 133 Å². The van der Waals surface area contributed by atoms with Gasteiger partial charge < -0.3 is 0 Å². The van der Waals surface area contributed by atoms with Crippen LogP contribution in [0.25, 0.3) is 0 Å². The molecule has 0 fully saturated rings. The number of hydrogen-bond donors (Lipinski definition) is 0. The van der Waals surface area contributed by atoms with Crippen LogP contribution in [0.4, 0.5) is 0 Å². The third-order valence-corrected chi connectivity index (χ3v) is 8.05. The van der Waals surface area contributed by atoms with Crippen LogP contribution in [0.3, 0.4) is 0 Å². The van der Waals surface area contributed by atoms with Crippen molar-refractivity contribution in [1.29, 1.82) is 0 Å². The normalized spacial score (nSPS) is 22.9. The summed E-state index contributed by atoms with van der Waals surface area (Å²) in [5.41, 5.74) is 6.55. The van der Waals surface area contributed by atoms with Crippen LogP contribution in [0.1, 0.15) is 60.3 Å². The molecule has 0 saturated heterocycles. The summed E-state index contributed by atoms with van der Waals surface area (Å²) in [6.07, 6.45) is 5.32. The molecule has 1 heteroatoms. The molecule has 0 bridgehead atoms. The Hall–Kier alpha value is -1.08. The highest BCUT2D eigenvalue weighted by molar-refractivity contribution is 6.58. The Bertz CT molecular complexity index is 550. The average Bonchev–Trinajstić information content (AvgIpc) is 2.64. The molecule has 21 heavy (non-hydrogen) atoms. The summed E-state index contributed by atoms with van der Waals surface area (Å²) < 4.78 is 0. The summed E-state index contributed by atoms with van der Waals surface area (Å²) in [5, 5.41) is 1.96. The van der Waals surface area contributed by atoms with E-state index in [1.807, 2.05) is 0 Å². The van der Waals surface area contributed by atoms with E-state index in [-0.39, 0.29) is 9.52 Å². The van der Waals surface area contributed by atoms with Gasteiger partial charge in [0, 0.05) is 5.04 Å². The van der Waals surface area contributed by atoms with Crippen LogP contribution in [0, 0.1) is 0 Å². The van der Waals surface area contributed by atoms with E-state index in [9.17, 15) is 0 Å². The van der Waals surface area contributed by atoms with E-state index in [0.717, 1.165) is 0 Å². The minimum absolute atomic E-state index is 0.340. The van der Waals surface area contributed by atoms with Crippen LogP contribution in [-0.2, 0) is 0 Å². The first-order valence-electron chi connectivity index (χ1n) is 8.43. The van der Waals surface area contributed by atoms with Crippen molar-refractivity contribution >= 4 is 14.7 Å². The Balaban J connectivity index is 2.29. The second-order valence-corrected chi connectivity index (χ2v) is 9.39. The lowest BCUT2D eigenvalue weighted by Gasteiger charge is -2.31. The van der Waals surface area contributed by atoms with Gasteiger partial charge in [0.05, 0.1) is 9.52 Å². The number of allylic oxidation sites excluding steroid dienone is 4. The number of unbranched alkanes of at least 4 members (excludes halogenated alkanes) is 2. The van der Waals surface area contributed by atoms with Gasteiger partial charge in [-0.15, -0.1) is 0 Å². The molecule has 2 rings (SSSR count). The highest BCUT2D eigenvalue weighted by Crippen LogP contribution is 2.53. The molecule has 0 nitrogen and oxygen atoms in total. The summed E-state index contributed by atoms with van der Waals surface area (Å²) in [4.78, 5) is 0. The Morgan fingerprint density at radius 3 is 2.24 bits per heavy atom. The lowest BCUT2D eigenvalue weighted by molar-refractivity contribution is 0.671. The van der Waals surface area contributed by atoms with Crippen molar-refractivity contribution in [3.63, 3.8) is 0 Å². The summed E-state index contributed by atoms with van der Waals surface area (Å²) in [5.74, 6) is 0. The van der Waals surface area contributed by atoms with E-state index in [0.29, 0.717) is 5.04 Å². The van der Waals surface area contributed by atoms with Gasteiger partial charge in [-0.3, -0.25) is 0 Å². The van der Waals surface area contributed by atoms with Gasteiger partial charge in [0.25, 0.3) is 0 Å². The summed E-state index contributed by atoms with van der Waals surface area (Å²) in [6, 6.07) is 11.2. The van der Waals surface area contributed by atoms with Crippen molar-refractivity contribution in [1.82, 2.24) is 0 Å². The largest absolute Gasteiger partial charge is 0.0705 e. The van der Waals surface area contributed by atoms with Gasteiger partial charge in [-0.05, 0) is 44.8 Å². The third-order valence-electron chi connectivity index (χ3n) is 5.50. The number of benzene rings is 1. The standard InChI is InChI=1S/C20H30Si/c1-6-7-9-14-19-16(3)15(2)17(4)20(19,5)21-18-12-10-8-11-13-18/h8,10-13H,6-7,9,14,21H2,1-5H3. The number of rotatable bonds is 6. The molecule has 0 spiro atoms. The zero-order valence-corrected chi connectivity index (χ0v) is 15.8. The summed E-state index contributed by atoms with van der Waals surface area (Å²) in [6.45, 7) is 11.9. The van der Waals surface area contributed by atoms with Gasteiger partial charge in [0.15, 0.2) is 0 Å². The minimum atomic E-state index is -0.340. The molecule has 0 amide bonds. The van der Waals surface area contributed by atoms with Gasteiger partial charge in [-0.1, -0.05) is 73.4 Å². The van der Waals surface area contributed by atoms with Crippen molar-refractivity contribution in [2.24, 2.45) is 0 Å². The maximum absolute atomic E-state index is 2.52. The van der Waals surface area contributed by atoms with Crippen LogP contribution in [0.2, 0.25) is 5.04 Å². The molecule has 1 aromatic carbocycles. The lowest BCUT2D eigenvalue weighted by atomic mass is 9.92. The molecule has 1 aromatic rings. The molecular weight excluding hydrogens is 268 g/mol. The summed E-state index contributed by atoms with van der Waals surface area (Å²) in [7, 11) is -0.340. The van der Waals surface area contributed by atoms with E-state index < -0.39 is 0 Å². The fourth-order valence-corrected chi connectivity index (χ4v) is 6.33. The van der Waals surface area contributed by atoms with E-state index in [1.54, 1.807) is 27.5 Å². The fraction of sp³-hybridized carbons (Fsp3) is 0.500. The molecule has 0 aliphatic heterocycles. The fourth-order valence-electron chi connectivity index (χ4n) is 3.82. The van der Waals surface area contributed by atoms with Crippen LogP contribution in [-0.4, -0.2) is 9.52 Å². The van der Waals surface area contributed by atoms with Crippen LogP contribution < -0.4 is 5.19 Å². The number of hydrogen-bond acceptors (Lipinski definition) is 0. The quantitative estimate of drug-likeness (QED) is 0.517. The Kier molecular flexibility index (Phi) is 5.26. The average molecular weight is 299 g/mol. The second-order valence-electron chi connectivity index (χ2n) is 6.81. The zero-order valence-electron chi connectivity index (χ0n) is 14.4. The van der Waals surface area contributed by atoms with E-state index in [1.165, 1.54) is 25.7 Å². The third kappa shape index (κ3) is 3.23. The monoisotopic (exact) mass is 298 g/mol. The van der Waals surface area contributed by atoms with E-state index in [2.05, 4.69) is 65.0 Å². The van der Waals surface area contributed by atoms with Gasteiger partial charge in [-0.2, -0.15) is 0 Å². The van der Waals surface area contributed by atoms with Gasteiger partial charge in [0.1, 0.15) is 0 Å². The first-order chi connectivity index (χ1) is 10.0. The predicted molar refractivity (Wildman–Crippen MR) is 98.2 cm³/mol. The molecule has 0 aromatic heterocycles. The molecule has 1 aliphatic rings. The second kappa shape index (κ2) is 6.78. The van der Waals surface area contributed by atoms with Crippen molar-refractivity contribution in [3.8, 4) is 0 Å². The Morgan fingerprint density at radius 2 is 1.62 bits per heavy atom. The molecule has 0 heterocycles. The first-order valence-corrected chi connectivity index (χ1v) is 9.84. The maximum Gasteiger partial charge on any atom is 0.0705 e. The molecule has 1 unspecified atom stereocenters. The predicted octanol–water partition coefficient (Wildman–Crippen LogP) is 4.91. The van der Waals surface area contributed by atoms with Gasteiger partial charge in [0.2, 0.25) is 0 Å². The highest BCUT2D eigenvalue weighted by Gasteiger charge is 2.38. The molecule has 0 radical (unpaired) electrons. The minimum Gasteiger partial charge on any atom is -0.0656 e. The van der Waals surface area contributed by atoms with Crippen molar-refractivity contribution < 1.29 is 0 Å². The van der Waals surface area contributed by atoms with Crippen LogP contribution >= 0.6 is 0 Å². The Morgan fingerprint density at radius 1 is 0.952 bits per heavy atom. The maximum atomic E-state index is 2.52. The molecular formula is C20H30Si. The van der Waals surface area contributed by atoms with E-state index >= 15 is 0 Å². The lowest BCUT2D eigenvalue weighted by Crippen LogP contribution is -2.29. The smallest absolute Gasteiger partial charge is 0.0656 e. The van der Waals surface area contributed by atoms with Gasteiger partial charge in [-0.25, -0.2) is 0 Å². The first kappa shape index (κ1) is 16.3. The summed E-state index contributed by atoms with van der Waals surface area (Å²) >= 11 is 0. The van der Waals surface area contributed by atoms with Crippen molar-refractivity contribution in [2.75, 3.05) is 0 Å². The molecule has 1 atom stereocenters. The van der Waals surface area contributed by atoms with Gasteiger partial charge >= 0.3 is 0 Å². The zero-order chi connectivity index (χ0) is 15.5. The highest BCUT2D eigenvalue weighted by atomic mass is 28.2. The molecule has 0 N–H and O–H groups in total. The van der Waals surface area contributed by atoms with Crippen LogP contribution in [0.5, 0.6) is 0 Å². The van der Waals surface area contributed by atoms with Crippen molar-refractivity contribution in [3.05, 3.63) is 52.6 Å². The molecule has 0 saturated carbocycles. The van der Waals surface area contributed by atoms with E-state index in [4.69, 9.17) is 0 Å². The topological polar surface area (TPSA) is 0 Å². The molecule has 1 aliphatic carbocycles.